The molecule has 128 valence electrons. The highest BCUT2D eigenvalue weighted by atomic mass is 35.5. The summed E-state index contributed by atoms with van der Waals surface area (Å²) in [4.78, 5) is 8.85. The summed E-state index contributed by atoms with van der Waals surface area (Å²) in [5.41, 5.74) is 8.72. The van der Waals surface area contributed by atoms with Crippen LogP contribution >= 0.6 is 11.6 Å². The molecule has 0 aliphatic heterocycles. The molecular formula is C20H16ClN5. The largest absolute Gasteiger partial charge is 0.383 e. The smallest absolute Gasteiger partial charge is 0.186 e. The minimum Gasteiger partial charge on any atom is -0.383 e. The Balaban J connectivity index is 1.65. The van der Waals surface area contributed by atoms with E-state index in [0.29, 0.717) is 28.9 Å². The average Bonchev–Trinajstić information content (AvgIpc) is 3.06. The van der Waals surface area contributed by atoms with Gasteiger partial charge in [-0.05, 0) is 23.3 Å². The fraction of sp³-hybridized carbons (Fsp3) is 0.0500. The molecule has 0 radical (unpaired) electrons. The molecule has 2 aromatic heterocycles. The number of rotatable bonds is 4. The van der Waals surface area contributed by atoms with Crippen molar-refractivity contribution in [2.24, 2.45) is 0 Å². The van der Waals surface area contributed by atoms with Crippen molar-refractivity contribution in [1.82, 2.24) is 19.7 Å². The lowest BCUT2D eigenvalue weighted by atomic mass is 10.2. The summed E-state index contributed by atoms with van der Waals surface area (Å²) < 4.78 is 1.78. The molecule has 2 heterocycles. The number of nitrogens with zero attached hydrogens (tertiary/aromatic N) is 4. The van der Waals surface area contributed by atoms with Crippen LogP contribution in [0.15, 0.2) is 60.8 Å². The summed E-state index contributed by atoms with van der Waals surface area (Å²) >= 11 is 6.23. The van der Waals surface area contributed by atoms with Crippen molar-refractivity contribution >= 4 is 40.6 Å². The van der Waals surface area contributed by atoms with Gasteiger partial charge in [0.15, 0.2) is 11.5 Å². The minimum atomic E-state index is 0.410. The Bertz CT molecular complexity index is 1090. The number of fused-ring (bicyclic) bond motifs is 1. The Morgan fingerprint density at radius 2 is 1.73 bits per heavy atom. The Morgan fingerprint density at radius 1 is 0.962 bits per heavy atom. The van der Waals surface area contributed by atoms with Crippen LogP contribution in [0.4, 0.5) is 5.82 Å². The van der Waals surface area contributed by atoms with Crippen molar-refractivity contribution in [3.05, 3.63) is 82.8 Å². The lowest BCUT2D eigenvalue weighted by Crippen LogP contribution is -2.00. The van der Waals surface area contributed by atoms with E-state index in [2.05, 4.69) is 15.1 Å². The van der Waals surface area contributed by atoms with Crippen molar-refractivity contribution in [3.8, 4) is 0 Å². The van der Waals surface area contributed by atoms with Gasteiger partial charge in [0.05, 0.1) is 11.9 Å². The third kappa shape index (κ3) is 3.43. The first-order valence-electron chi connectivity index (χ1n) is 8.16. The van der Waals surface area contributed by atoms with Crippen LogP contribution in [-0.4, -0.2) is 19.7 Å². The van der Waals surface area contributed by atoms with E-state index in [1.807, 2.05) is 72.9 Å². The molecule has 0 saturated heterocycles. The minimum absolute atomic E-state index is 0.410. The van der Waals surface area contributed by atoms with Crippen LogP contribution in [0.2, 0.25) is 5.02 Å². The third-order valence-corrected chi connectivity index (χ3v) is 4.36. The lowest BCUT2D eigenvalue weighted by molar-refractivity contribution is 0.693. The Morgan fingerprint density at radius 3 is 2.54 bits per heavy atom. The van der Waals surface area contributed by atoms with Gasteiger partial charge in [0.25, 0.3) is 0 Å². The van der Waals surface area contributed by atoms with E-state index in [4.69, 9.17) is 17.3 Å². The van der Waals surface area contributed by atoms with Gasteiger partial charge in [-0.2, -0.15) is 5.10 Å². The topological polar surface area (TPSA) is 69.6 Å². The van der Waals surface area contributed by atoms with Gasteiger partial charge in [-0.25, -0.2) is 9.97 Å². The molecule has 0 aliphatic carbocycles. The number of anilines is 1. The molecule has 0 bridgehead atoms. The molecule has 26 heavy (non-hydrogen) atoms. The zero-order chi connectivity index (χ0) is 17.9. The Hall–Kier alpha value is -3.18. The highest BCUT2D eigenvalue weighted by molar-refractivity contribution is 6.31. The molecule has 0 fully saturated rings. The number of aromatic nitrogens is 4. The van der Waals surface area contributed by atoms with Crippen molar-refractivity contribution in [1.29, 1.82) is 0 Å². The summed E-state index contributed by atoms with van der Waals surface area (Å²) in [5, 5.41) is 5.96. The normalized spacial score (nSPS) is 11.4. The molecule has 4 rings (SSSR count). The Kier molecular flexibility index (Phi) is 4.37. The van der Waals surface area contributed by atoms with E-state index in [1.165, 1.54) is 0 Å². The van der Waals surface area contributed by atoms with Crippen LogP contribution in [0, 0.1) is 0 Å². The molecule has 6 heteroatoms. The summed E-state index contributed by atoms with van der Waals surface area (Å²) in [7, 11) is 0. The van der Waals surface area contributed by atoms with Crippen LogP contribution in [0.1, 0.15) is 17.0 Å². The van der Waals surface area contributed by atoms with Gasteiger partial charge in [0, 0.05) is 11.2 Å². The van der Waals surface area contributed by atoms with Gasteiger partial charge >= 0.3 is 0 Å². The first-order valence-corrected chi connectivity index (χ1v) is 8.54. The van der Waals surface area contributed by atoms with Crippen LogP contribution in [-0.2, 0) is 6.54 Å². The lowest BCUT2D eigenvalue weighted by Gasteiger charge is -2.03. The number of halogens is 1. The molecule has 0 spiro atoms. The maximum Gasteiger partial charge on any atom is 0.186 e. The van der Waals surface area contributed by atoms with Crippen LogP contribution < -0.4 is 5.73 Å². The fourth-order valence-corrected chi connectivity index (χ4v) is 2.88. The maximum absolute atomic E-state index is 6.23. The van der Waals surface area contributed by atoms with Gasteiger partial charge in [-0.3, -0.25) is 4.68 Å². The van der Waals surface area contributed by atoms with Crippen molar-refractivity contribution in [2.45, 2.75) is 6.54 Å². The number of nitrogen functional groups attached to an aromatic ring is 1. The second kappa shape index (κ2) is 6.98. The zero-order valence-electron chi connectivity index (χ0n) is 13.9. The number of nitrogens with two attached hydrogens (primary N) is 1. The molecule has 0 saturated carbocycles. The first kappa shape index (κ1) is 16.3. The van der Waals surface area contributed by atoms with Crippen LogP contribution in [0.25, 0.3) is 23.2 Å². The number of benzene rings is 2. The fourth-order valence-electron chi connectivity index (χ4n) is 2.68. The van der Waals surface area contributed by atoms with Crippen LogP contribution in [0.5, 0.6) is 0 Å². The van der Waals surface area contributed by atoms with Gasteiger partial charge in [-0.1, -0.05) is 66.2 Å². The van der Waals surface area contributed by atoms with Gasteiger partial charge in [0.2, 0.25) is 0 Å². The molecule has 2 N–H and O–H groups in total. The SMILES string of the molecule is Nc1nc(/C=C/c2ccccc2)nc2nn(Cc3ccccc3Cl)cc12. The van der Waals surface area contributed by atoms with E-state index >= 15 is 0 Å². The molecule has 2 aromatic carbocycles. The van der Waals surface area contributed by atoms with E-state index in [0.717, 1.165) is 16.5 Å². The monoisotopic (exact) mass is 361 g/mol. The molecule has 0 aliphatic rings. The van der Waals surface area contributed by atoms with E-state index in [1.54, 1.807) is 4.68 Å². The second-order valence-electron chi connectivity index (χ2n) is 5.87. The molecule has 0 unspecified atom stereocenters. The maximum atomic E-state index is 6.23. The zero-order valence-corrected chi connectivity index (χ0v) is 14.6. The average molecular weight is 362 g/mol. The van der Waals surface area contributed by atoms with Gasteiger partial charge in [-0.15, -0.1) is 0 Å². The second-order valence-corrected chi connectivity index (χ2v) is 6.27. The van der Waals surface area contributed by atoms with Crippen LogP contribution in [0.3, 0.4) is 0 Å². The standard InChI is InChI=1S/C20H16ClN5/c21-17-9-5-4-8-15(17)12-26-13-16-19(22)23-18(24-20(16)25-26)11-10-14-6-2-1-3-7-14/h1-11,13H,12H2,(H2,22,23,24,25)/b11-10+. The van der Waals surface area contributed by atoms with Crippen molar-refractivity contribution in [3.63, 3.8) is 0 Å². The Labute approximate surface area is 155 Å². The molecule has 0 atom stereocenters. The molecule has 0 amide bonds. The summed E-state index contributed by atoms with van der Waals surface area (Å²) in [6.45, 7) is 0.546. The quantitative estimate of drug-likeness (QED) is 0.589. The molecule has 5 nitrogen and oxygen atoms in total. The van der Waals surface area contributed by atoms with E-state index in [9.17, 15) is 0 Å². The highest BCUT2D eigenvalue weighted by Gasteiger charge is 2.10. The highest BCUT2D eigenvalue weighted by Crippen LogP contribution is 2.20. The summed E-state index contributed by atoms with van der Waals surface area (Å²) in [6, 6.07) is 17.6. The predicted octanol–water partition coefficient (Wildman–Crippen LogP) is 4.28. The predicted molar refractivity (Wildman–Crippen MR) is 106 cm³/mol. The number of hydrogen-bond donors (Lipinski definition) is 1. The first-order chi connectivity index (χ1) is 12.7. The van der Waals surface area contributed by atoms with Crippen molar-refractivity contribution < 1.29 is 0 Å². The summed E-state index contributed by atoms with van der Waals surface area (Å²) in [6.07, 6.45) is 5.62. The van der Waals surface area contributed by atoms with E-state index < -0.39 is 0 Å². The van der Waals surface area contributed by atoms with E-state index in [-0.39, 0.29) is 0 Å². The van der Waals surface area contributed by atoms with Gasteiger partial charge in [0.1, 0.15) is 5.82 Å². The summed E-state index contributed by atoms with van der Waals surface area (Å²) in [5.74, 6) is 0.940. The molecule has 4 aromatic rings. The van der Waals surface area contributed by atoms with Gasteiger partial charge < -0.3 is 5.73 Å². The van der Waals surface area contributed by atoms with Crippen molar-refractivity contribution in [2.75, 3.05) is 5.73 Å². The third-order valence-electron chi connectivity index (χ3n) is 3.99. The number of hydrogen-bond acceptors (Lipinski definition) is 4. The molecular weight excluding hydrogens is 346 g/mol.